The molecule has 2 aromatic rings. The molecule has 2 aliphatic rings. The number of nitrogens with zero attached hydrogens (tertiary/aromatic N) is 2. The Labute approximate surface area is 208 Å². The molecule has 1 aromatic carbocycles. The van der Waals surface area contributed by atoms with Crippen LogP contribution in [0.3, 0.4) is 0 Å². The molecule has 2 fully saturated rings. The molecule has 186 valence electrons. The van der Waals surface area contributed by atoms with Crippen LogP contribution in [0.1, 0.15) is 36.9 Å². The lowest BCUT2D eigenvalue weighted by Gasteiger charge is -2.18. The third kappa shape index (κ3) is 7.00. The Morgan fingerprint density at radius 1 is 1.15 bits per heavy atom. The summed E-state index contributed by atoms with van der Waals surface area (Å²) in [4.78, 5) is 9.47. The van der Waals surface area contributed by atoms with Crippen molar-refractivity contribution in [1.82, 2.24) is 9.97 Å². The predicted octanol–water partition coefficient (Wildman–Crippen LogP) is 2.76. The van der Waals surface area contributed by atoms with Crippen LogP contribution in [0.15, 0.2) is 48.1 Å². The Morgan fingerprint density at radius 2 is 1.88 bits per heavy atom. The van der Waals surface area contributed by atoms with Crippen molar-refractivity contribution in [3.63, 3.8) is 0 Å². The molecule has 0 spiro atoms. The average molecular weight is 506 g/mol. The number of aryl methyl sites for hydroxylation is 1. The molecule has 1 saturated heterocycles. The van der Waals surface area contributed by atoms with Gasteiger partial charge in [-0.15, -0.1) is 27.6 Å². The number of anilines is 1. The van der Waals surface area contributed by atoms with Gasteiger partial charge in [-0.25, -0.2) is 9.97 Å². The zero-order valence-electron chi connectivity index (χ0n) is 19.8. The number of hydrogen-bond donors (Lipinski definition) is 4. The maximum absolute atomic E-state index is 9.97. The summed E-state index contributed by atoms with van der Waals surface area (Å²) < 4.78 is 5.69. The maximum Gasteiger partial charge on any atom is 0.132 e. The van der Waals surface area contributed by atoms with Gasteiger partial charge in [0.15, 0.2) is 0 Å². The summed E-state index contributed by atoms with van der Waals surface area (Å²) in [6, 6.07) is 8.17. The number of benzene rings is 1. The molecule has 1 unspecified atom stereocenters. The van der Waals surface area contributed by atoms with Crippen LogP contribution in [-0.4, -0.2) is 67.6 Å². The molecule has 0 radical (unpaired) electrons. The molecule has 2 heterocycles. The SMILES string of the molecule is C=CC[C@@H]1O[C@H](CSc2ccccc2P)[C@@H](O)[C@H]1O.Cc1ncnc(N[C@@H]2CCC[C@H]2O)c1C. The number of aliphatic hydroxyl groups is 3. The van der Waals surface area contributed by atoms with Crippen LogP contribution in [0.5, 0.6) is 0 Å². The van der Waals surface area contributed by atoms with Crippen molar-refractivity contribution in [2.24, 2.45) is 0 Å². The minimum absolute atomic E-state index is 0.151. The Bertz CT molecular complexity index is 950. The van der Waals surface area contributed by atoms with Crippen molar-refractivity contribution in [2.45, 2.75) is 81.0 Å². The first-order valence-electron chi connectivity index (χ1n) is 11.6. The Kier molecular flexibility index (Phi) is 10.3. The largest absolute Gasteiger partial charge is 0.391 e. The van der Waals surface area contributed by atoms with Gasteiger partial charge in [0.1, 0.15) is 24.4 Å². The van der Waals surface area contributed by atoms with Crippen molar-refractivity contribution in [3.05, 3.63) is 54.5 Å². The van der Waals surface area contributed by atoms with Crippen LogP contribution < -0.4 is 10.6 Å². The first-order valence-corrected chi connectivity index (χ1v) is 13.2. The molecule has 0 bridgehead atoms. The fraction of sp³-hybridized carbons (Fsp3) is 0.520. The Balaban J connectivity index is 0.000000196. The smallest absolute Gasteiger partial charge is 0.132 e. The van der Waals surface area contributed by atoms with E-state index in [1.807, 2.05) is 38.1 Å². The lowest BCUT2D eigenvalue weighted by atomic mass is 10.1. The van der Waals surface area contributed by atoms with Crippen LogP contribution in [0.25, 0.3) is 0 Å². The Hall–Kier alpha value is -1.54. The van der Waals surface area contributed by atoms with E-state index in [4.69, 9.17) is 4.74 Å². The van der Waals surface area contributed by atoms with E-state index >= 15 is 0 Å². The lowest BCUT2D eigenvalue weighted by Crippen LogP contribution is -2.33. The minimum Gasteiger partial charge on any atom is -0.391 e. The van der Waals surface area contributed by atoms with Gasteiger partial charge in [-0.2, -0.15) is 0 Å². The highest BCUT2D eigenvalue weighted by atomic mass is 32.2. The fourth-order valence-corrected chi connectivity index (χ4v) is 5.56. The highest BCUT2D eigenvalue weighted by molar-refractivity contribution is 7.99. The summed E-state index contributed by atoms with van der Waals surface area (Å²) in [5.41, 5.74) is 2.05. The molecule has 7 atom stereocenters. The number of thioether (sulfide) groups is 1. The Morgan fingerprint density at radius 3 is 2.56 bits per heavy atom. The summed E-state index contributed by atoms with van der Waals surface area (Å²) >= 11 is 1.63. The first-order chi connectivity index (χ1) is 16.3. The second-order valence-corrected chi connectivity index (χ2v) is 10.4. The van der Waals surface area contributed by atoms with Crippen molar-refractivity contribution in [2.75, 3.05) is 11.1 Å². The predicted molar refractivity (Wildman–Crippen MR) is 141 cm³/mol. The molecule has 9 heteroatoms. The number of rotatable bonds is 7. The topological polar surface area (TPSA) is 108 Å². The van der Waals surface area contributed by atoms with Gasteiger partial charge in [0.2, 0.25) is 0 Å². The molecular weight excluding hydrogens is 469 g/mol. The van der Waals surface area contributed by atoms with Gasteiger partial charge in [0, 0.05) is 21.9 Å². The van der Waals surface area contributed by atoms with E-state index in [0.29, 0.717) is 12.2 Å². The zero-order chi connectivity index (χ0) is 24.7. The maximum atomic E-state index is 9.97. The molecular formula is C25H36N3O4PS. The lowest BCUT2D eigenvalue weighted by molar-refractivity contribution is 0.0200. The number of aliphatic hydroxyl groups excluding tert-OH is 3. The molecule has 4 N–H and O–H groups in total. The van der Waals surface area contributed by atoms with Gasteiger partial charge < -0.3 is 25.4 Å². The van der Waals surface area contributed by atoms with Crippen LogP contribution >= 0.6 is 21.0 Å². The summed E-state index contributed by atoms with van der Waals surface area (Å²) in [7, 11) is 2.69. The third-order valence-electron chi connectivity index (χ3n) is 6.32. The van der Waals surface area contributed by atoms with E-state index in [1.165, 1.54) is 0 Å². The van der Waals surface area contributed by atoms with E-state index < -0.39 is 12.2 Å². The van der Waals surface area contributed by atoms with E-state index in [-0.39, 0.29) is 24.4 Å². The molecule has 1 aliphatic heterocycles. The van der Waals surface area contributed by atoms with Gasteiger partial charge in [0.25, 0.3) is 0 Å². The second-order valence-electron chi connectivity index (χ2n) is 8.75. The van der Waals surface area contributed by atoms with Crippen molar-refractivity contribution in [1.29, 1.82) is 0 Å². The van der Waals surface area contributed by atoms with E-state index in [0.717, 1.165) is 46.5 Å². The van der Waals surface area contributed by atoms with Gasteiger partial charge in [-0.1, -0.05) is 24.3 Å². The summed E-state index contributed by atoms with van der Waals surface area (Å²) in [6.07, 6.45) is 4.24. The molecule has 1 aliphatic carbocycles. The number of hydrogen-bond acceptors (Lipinski definition) is 8. The van der Waals surface area contributed by atoms with Crippen LogP contribution in [0.4, 0.5) is 5.82 Å². The molecule has 7 nitrogen and oxygen atoms in total. The monoisotopic (exact) mass is 505 g/mol. The highest BCUT2D eigenvalue weighted by Gasteiger charge is 2.41. The number of ether oxygens (including phenoxy) is 1. The van der Waals surface area contributed by atoms with Gasteiger partial charge in [-0.3, -0.25) is 0 Å². The van der Waals surface area contributed by atoms with E-state index in [9.17, 15) is 15.3 Å². The first kappa shape index (κ1) is 27.1. The van der Waals surface area contributed by atoms with E-state index in [1.54, 1.807) is 24.2 Å². The van der Waals surface area contributed by atoms with Gasteiger partial charge in [0.05, 0.1) is 24.4 Å². The number of nitrogens with one attached hydrogen (secondary N) is 1. The molecule has 1 aromatic heterocycles. The molecule has 1 saturated carbocycles. The van der Waals surface area contributed by atoms with Crippen molar-refractivity contribution in [3.8, 4) is 0 Å². The van der Waals surface area contributed by atoms with Crippen LogP contribution in [-0.2, 0) is 4.74 Å². The number of aromatic nitrogens is 2. The average Bonchev–Trinajstić information content (AvgIpc) is 3.34. The zero-order valence-corrected chi connectivity index (χ0v) is 21.8. The van der Waals surface area contributed by atoms with Gasteiger partial charge in [-0.05, 0) is 50.9 Å². The van der Waals surface area contributed by atoms with Crippen LogP contribution in [0, 0.1) is 13.8 Å². The highest BCUT2D eigenvalue weighted by Crippen LogP contribution is 2.29. The third-order valence-corrected chi connectivity index (χ3v) is 8.21. The second kappa shape index (κ2) is 13.0. The standard InChI is InChI=1S/C14H19O3PS.C11H17N3O/c1-2-5-9-13(15)14(16)10(17-9)8-19-12-7-4-3-6-11(12)18;1-7-8(2)12-6-13-11(7)14-9-4-3-5-10(9)15/h2-4,6-7,9-10,13-16H,1,5,8,18H2;6,9-10,15H,3-5H2,1-2H3,(H,12,13,14)/t9-,10+,13-,14+;9-,10-/m01/s1. The van der Waals surface area contributed by atoms with Crippen molar-refractivity contribution < 1.29 is 20.1 Å². The molecule has 0 amide bonds. The van der Waals surface area contributed by atoms with Gasteiger partial charge >= 0.3 is 0 Å². The van der Waals surface area contributed by atoms with Crippen LogP contribution in [0.2, 0.25) is 0 Å². The molecule has 34 heavy (non-hydrogen) atoms. The van der Waals surface area contributed by atoms with E-state index in [2.05, 4.69) is 31.1 Å². The summed E-state index contributed by atoms with van der Waals surface area (Å²) in [6.45, 7) is 7.60. The summed E-state index contributed by atoms with van der Waals surface area (Å²) in [5.74, 6) is 1.48. The molecule has 4 rings (SSSR count). The fourth-order valence-electron chi connectivity index (χ4n) is 4.07. The normalized spacial score (nSPS) is 28.3. The summed E-state index contributed by atoms with van der Waals surface area (Å²) in [5, 5.41) is 34.0. The van der Waals surface area contributed by atoms with Crippen molar-refractivity contribution >= 4 is 32.1 Å². The minimum atomic E-state index is -0.825. The quantitative estimate of drug-likeness (QED) is 0.259.